The van der Waals surface area contributed by atoms with E-state index in [1.807, 2.05) is 19.1 Å². The molecule has 1 rings (SSSR count). The van der Waals surface area contributed by atoms with Crippen LogP contribution in [0.25, 0.3) is 0 Å². The summed E-state index contributed by atoms with van der Waals surface area (Å²) in [6.07, 6.45) is 4.29. The SMILES string of the molecule is C/C=C/CCNC(=O)c1cc(F)ccc1[N+](=O)[O-]. The van der Waals surface area contributed by atoms with Crippen LogP contribution in [0.3, 0.4) is 0 Å². The van der Waals surface area contributed by atoms with Gasteiger partial charge in [-0.1, -0.05) is 12.2 Å². The molecule has 0 fully saturated rings. The number of nitrogens with zero attached hydrogens (tertiary/aromatic N) is 1. The van der Waals surface area contributed by atoms with Gasteiger partial charge in [-0.2, -0.15) is 0 Å². The number of hydrogen-bond donors (Lipinski definition) is 1. The maximum absolute atomic E-state index is 13.0. The van der Waals surface area contributed by atoms with Crippen molar-refractivity contribution in [3.63, 3.8) is 0 Å². The van der Waals surface area contributed by atoms with E-state index < -0.39 is 22.3 Å². The largest absolute Gasteiger partial charge is 0.352 e. The molecule has 0 unspecified atom stereocenters. The van der Waals surface area contributed by atoms with Gasteiger partial charge in [0.15, 0.2) is 0 Å². The number of allylic oxidation sites excluding steroid dienone is 1. The Hall–Kier alpha value is -2.24. The van der Waals surface area contributed by atoms with E-state index in [1.54, 1.807) is 0 Å². The van der Waals surface area contributed by atoms with Crippen molar-refractivity contribution in [2.75, 3.05) is 6.54 Å². The van der Waals surface area contributed by atoms with Crippen molar-refractivity contribution in [2.24, 2.45) is 0 Å². The van der Waals surface area contributed by atoms with Gasteiger partial charge in [0.2, 0.25) is 0 Å². The number of nitro benzene ring substituents is 1. The van der Waals surface area contributed by atoms with E-state index in [0.717, 1.165) is 18.2 Å². The molecule has 0 heterocycles. The van der Waals surface area contributed by atoms with Crippen molar-refractivity contribution in [3.05, 3.63) is 51.8 Å². The first kappa shape index (κ1) is 13.8. The first-order valence-corrected chi connectivity index (χ1v) is 5.39. The minimum atomic E-state index is -0.708. The summed E-state index contributed by atoms with van der Waals surface area (Å²) >= 11 is 0. The Morgan fingerprint density at radius 1 is 1.56 bits per heavy atom. The topological polar surface area (TPSA) is 72.2 Å². The predicted octanol–water partition coefficient (Wildman–Crippen LogP) is 2.43. The number of carbonyl (C=O) groups is 1. The van der Waals surface area contributed by atoms with Gasteiger partial charge in [0.1, 0.15) is 11.4 Å². The molecule has 96 valence electrons. The fraction of sp³-hybridized carbons (Fsp3) is 0.250. The minimum Gasteiger partial charge on any atom is -0.352 e. The lowest BCUT2D eigenvalue weighted by molar-refractivity contribution is -0.385. The molecule has 18 heavy (non-hydrogen) atoms. The van der Waals surface area contributed by atoms with E-state index in [2.05, 4.69) is 5.32 Å². The number of hydrogen-bond acceptors (Lipinski definition) is 3. The summed E-state index contributed by atoms with van der Waals surface area (Å²) in [5.74, 6) is -1.33. The number of amides is 1. The predicted molar refractivity (Wildman–Crippen MR) is 64.8 cm³/mol. The molecule has 1 aromatic carbocycles. The smallest absolute Gasteiger partial charge is 0.282 e. The molecule has 0 saturated heterocycles. The van der Waals surface area contributed by atoms with E-state index in [0.29, 0.717) is 13.0 Å². The maximum Gasteiger partial charge on any atom is 0.282 e. The quantitative estimate of drug-likeness (QED) is 0.378. The van der Waals surface area contributed by atoms with Crippen LogP contribution >= 0.6 is 0 Å². The zero-order valence-electron chi connectivity index (χ0n) is 9.85. The van der Waals surface area contributed by atoms with Gasteiger partial charge in [-0.3, -0.25) is 14.9 Å². The van der Waals surface area contributed by atoms with Gasteiger partial charge in [-0.25, -0.2) is 4.39 Å². The first-order valence-electron chi connectivity index (χ1n) is 5.39. The lowest BCUT2D eigenvalue weighted by atomic mass is 10.1. The Kier molecular flexibility index (Phi) is 4.98. The molecule has 6 heteroatoms. The van der Waals surface area contributed by atoms with Crippen LogP contribution in [-0.4, -0.2) is 17.4 Å². The zero-order valence-corrected chi connectivity index (χ0v) is 9.85. The van der Waals surface area contributed by atoms with Crippen LogP contribution in [0.2, 0.25) is 0 Å². The van der Waals surface area contributed by atoms with E-state index >= 15 is 0 Å². The van der Waals surface area contributed by atoms with Gasteiger partial charge < -0.3 is 5.32 Å². The summed E-state index contributed by atoms with van der Waals surface area (Å²) in [7, 11) is 0. The molecule has 0 atom stereocenters. The van der Waals surface area contributed by atoms with Gasteiger partial charge in [0.25, 0.3) is 11.6 Å². The fourth-order valence-electron chi connectivity index (χ4n) is 1.38. The van der Waals surface area contributed by atoms with Crippen molar-refractivity contribution in [2.45, 2.75) is 13.3 Å². The molecule has 0 spiro atoms. The van der Waals surface area contributed by atoms with Crippen LogP contribution in [-0.2, 0) is 0 Å². The molecule has 1 amide bonds. The number of carbonyl (C=O) groups excluding carboxylic acids is 1. The van der Waals surface area contributed by atoms with Crippen LogP contribution in [0.5, 0.6) is 0 Å². The van der Waals surface area contributed by atoms with E-state index in [4.69, 9.17) is 0 Å². The molecule has 0 aliphatic heterocycles. The highest BCUT2D eigenvalue weighted by atomic mass is 19.1. The van der Waals surface area contributed by atoms with Crippen molar-refractivity contribution >= 4 is 11.6 Å². The molecular formula is C12H13FN2O3. The van der Waals surface area contributed by atoms with E-state index in [-0.39, 0.29) is 5.56 Å². The summed E-state index contributed by atoms with van der Waals surface area (Å²) in [4.78, 5) is 21.7. The molecular weight excluding hydrogens is 239 g/mol. The van der Waals surface area contributed by atoms with Crippen molar-refractivity contribution in [3.8, 4) is 0 Å². The van der Waals surface area contributed by atoms with Crippen molar-refractivity contribution in [1.82, 2.24) is 5.32 Å². The summed E-state index contributed by atoms with van der Waals surface area (Å²) in [6.45, 7) is 2.19. The zero-order chi connectivity index (χ0) is 13.5. The standard InChI is InChI=1S/C12H13FN2O3/c1-2-3-4-7-14-12(16)10-8-9(13)5-6-11(10)15(17)18/h2-3,5-6,8H,4,7H2,1H3,(H,14,16)/b3-2+. The lowest BCUT2D eigenvalue weighted by Gasteiger charge is -2.04. The minimum absolute atomic E-state index is 0.263. The maximum atomic E-state index is 13.0. The Labute approximate surface area is 103 Å². The van der Waals surface area contributed by atoms with Gasteiger partial charge in [0.05, 0.1) is 4.92 Å². The fourth-order valence-corrected chi connectivity index (χ4v) is 1.38. The monoisotopic (exact) mass is 252 g/mol. The van der Waals surface area contributed by atoms with Crippen LogP contribution in [0, 0.1) is 15.9 Å². The Morgan fingerprint density at radius 3 is 2.89 bits per heavy atom. The highest BCUT2D eigenvalue weighted by Gasteiger charge is 2.20. The lowest BCUT2D eigenvalue weighted by Crippen LogP contribution is -2.25. The third kappa shape index (κ3) is 3.65. The average Bonchev–Trinajstić information content (AvgIpc) is 2.34. The molecule has 1 N–H and O–H groups in total. The second-order valence-electron chi connectivity index (χ2n) is 3.53. The van der Waals surface area contributed by atoms with Gasteiger partial charge in [0, 0.05) is 12.6 Å². The average molecular weight is 252 g/mol. The highest BCUT2D eigenvalue weighted by molar-refractivity contribution is 5.98. The number of rotatable bonds is 5. The Morgan fingerprint density at radius 2 is 2.28 bits per heavy atom. The van der Waals surface area contributed by atoms with Crippen molar-refractivity contribution in [1.29, 1.82) is 0 Å². The van der Waals surface area contributed by atoms with Gasteiger partial charge >= 0.3 is 0 Å². The van der Waals surface area contributed by atoms with Crippen LogP contribution in [0.1, 0.15) is 23.7 Å². The second kappa shape index (κ2) is 6.48. The molecule has 0 aromatic heterocycles. The van der Waals surface area contributed by atoms with E-state index in [9.17, 15) is 19.3 Å². The van der Waals surface area contributed by atoms with Crippen LogP contribution < -0.4 is 5.32 Å². The van der Waals surface area contributed by atoms with E-state index in [1.165, 1.54) is 0 Å². The summed E-state index contributed by atoms with van der Waals surface area (Å²) < 4.78 is 13.0. The number of nitro groups is 1. The number of halogens is 1. The first-order chi connectivity index (χ1) is 8.56. The third-order valence-corrected chi connectivity index (χ3v) is 2.23. The molecule has 5 nitrogen and oxygen atoms in total. The molecule has 0 bridgehead atoms. The number of nitrogens with one attached hydrogen (secondary N) is 1. The normalized spacial score (nSPS) is 10.6. The molecule has 0 saturated carbocycles. The second-order valence-corrected chi connectivity index (χ2v) is 3.53. The Bertz CT molecular complexity index is 486. The Balaban J connectivity index is 2.83. The third-order valence-electron chi connectivity index (χ3n) is 2.23. The summed E-state index contributed by atoms with van der Waals surface area (Å²) in [5.41, 5.74) is -0.666. The summed E-state index contributed by atoms with van der Waals surface area (Å²) in [6, 6.07) is 2.80. The van der Waals surface area contributed by atoms with Gasteiger partial charge in [-0.15, -0.1) is 0 Å². The molecule has 1 aromatic rings. The summed E-state index contributed by atoms with van der Waals surface area (Å²) in [5, 5.41) is 13.2. The van der Waals surface area contributed by atoms with Gasteiger partial charge in [-0.05, 0) is 25.5 Å². The molecule has 0 aliphatic rings. The molecule has 0 aliphatic carbocycles. The van der Waals surface area contributed by atoms with Crippen LogP contribution in [0.15, 0.2) is 30.4 Å². The number of benzene rings is 1. The van der Waals surface area contributed by atoms with Crippen molar-refractivity contribution < 1.29 is 14.1 Å². The van der Waals surface area contributed by atoms with Crippen LogP contribution in [0.4, 0.5) is 10.1 Å². The molecule has 0 radical (unpaired) electrons. The highest BCUT2D eigenvalue weighted by Crippen LogP contribution is 2.19.